The van der Waals surface area contributed by atoms with E-state index in [2.05, 4.69) is 4.98 Å². The molecule has 1 unspecified atom stereocenters. The van der Waals surface area contributed by atoms with Gasteiger partial charge in [-0.3, -0.25) is 9.59 Å². The Morgan fingerprint density at radius 2 is 1.70 bits per heavy atom. The Morgan fingerprint density at radius 3 is 2.49 bits per heavy atom. The van der Waals surface area contributed by atoms with Crippen LogP contribution in [-0.2, 0) is 14.3 Å². The second-order valence-corrected chi connectivity index (χ2v) is 9.15. The minimum absolute atomic E-state index is 0.0240. The number of rotatable bonds is 8. The van der Waals surface area contributed by atoms with Gasteiger partial charge in [0.1, 0.15) is 17.3 Å². The number of nitrogens with zero attached hydrogens (tertiary/aromatic N) is 1. The molecule has 7 nitrogen and oxygen atoms in total. The average Bonchev–Trinajstić information content (AvgIpc) is 3.44. The molecule has 37 heavy (non-hydrogen) atoms. The Bertz CT molecular complexity index is 1470. The van der Waals surface area contributed by atoms with E-state index in [9.17, 15) is 14.7 Å². The molecule has 1 atom stereocenters. The van der Waals surface area contributed by atoms with Crippen molar-refractivity contribution in [2.75, 3.05) is 13.2 Å². The average molecular weight is 497 g/mol. The summed E-state index contributed by atoms with van der Waals surface area (Å²) < 4.78 is 11.7. The molecule has 188 valence electrons. The third kappa shape index (κ3) is 4.86. The second kappa shape index (κ2) is 10.3. The molecular formula is C30H28N2O5. The van der Waals surface area contributed by atoms with Crippen molar-refractivity contribution in [3.63, 3.8) is 0 Å². The molecule has 0 saturated carbocycles. The lowest BCUT2D eigenvalue weighted by Crippen LogP contribution is -2.33. The van der Waals surface area contributed by atoms with Gasteiger partial charge in [0, 0.05) is 29.2 Å². The van der Waals surface area contributed by atoms with Crippen molar-refractivity contribution in [3.8, 4) is 11.5 Å². The fraction of sp³-hybridized carbons (Fsp3) is 0.200. The van der Waals surface area contributed by atoms with Crippen LogP contribution in [0.4, 0.5) is 0 Å². The van der Waals surface area contributed by atoms with Crippen LogP contribution in [-0.4, -0.2) is 45.9 Å². The van der Waals surface area contributed by atoms with E-state index in [1.807, 2.05) is 86.6 Å². The molecule has 5 rings (SSSR count). The third-order valence-electron chi connectivity index (χ3n) is 6.32. The SMILES string of the molecule is CC(C)OCCN1C(=O)C(=O)/C(=C(\O)c2c[nH]c3ccccc23)C1c1cccc(Oc2ccccc2)c1. The van der Waals surface area contributed by atoms with Gasteiger partial charge in [-0.05, 0) is 49.7 Å². The molecule has 2 N–H and O–H groups in total. The largest absolute Gasteiger partial charge is 0.507 e. The quantitative estimate of drug-likeness (QED) is 0.183. The van der Waals surface area contributed by atoms with Crippen LogP contribution in [0.15, 0.2) is 90.6 Å². The van der Waals surface area contributed by atoms with E-state index >= 15 is 0 Å². The number of likely N-dealkylation sites (tertiary alicyclic amines) is 1. The standard InChI is InChI=1S/C30H28N2O5/c1-19(2)36-16-15-32-27(20-9-8-12-22(17-20)37-21-10-4-3-5-11-21)26(29(34)30(32)35)28(33)24-18-31-25-14-7-6-13-23(24)25/h3-14,17-19,27,31,33H,15-16H2,1-2H3/b28-26-. The first-order valence-corrected chi connectivity index (χ1v) is 12.2. The highest BCUT2D eigenvalue weighted by Gasteiger charge is 2.46. The number of carbonyl (C=O) groups excluding carboxylic acids is 2. The highest BCUT2D eigenvalue weighted by Crippen LogP contribution is 2.41. The molecule has 0 bridgehead atoms. The topological polar surface area (TPSA) is 91.9 Å². The third-order valence-corrected chi connectivity index (χ3v) is 6.32. The molecule has 0 radical (unpaired) electrons. The van der Waals surface area contributed by atoms with Crippen LogP contribution in [0.2, 0.25) is 0 Å². The van der Waals surface area contributed by atoms with Gasteiger partial charge in [-0.25, -0.2) is 0 Å². The van der Waals surface area contributed by atoms with Crippen LogP contribution in [0, 0.1) is 0 Å². The van der Waals surface area contributed by atoms with Crippen molar-refractivity contribution in [1.29, 1.82) is 0 Å². The summed E-state index contributed by atoms with van der Waals surface area (Å²) in [7, 11) is 0. The van der Waals surface area contributed by atoms with Crippen molar-refractivity contribution >= 4 is 28.4 Å². The highest BCUT2D eigenvalue weighted by atomic mass is 16.5. The van der Waals surface area contributed by atoms with E-state index in [1.54, 1.807) is 12.3 Å². The van der Waals surface area contributed by atoms with Crippen molar-refractivity contribution in [2.24, 2.45) is 0 Å². The fourth-order valence-electron chi connectivity index (χ4n) is 4.63. The molecule has 4 aromatic rings. The van der Waals surface area contributed by atoms with Gasteiger partial charge < -0.3 is 24.5 Å². The van der Waals surface area contributed by atoms with E-state index in [0.717, 1.165) is 10.9 Å². The van der Waals surface area contributed by atoms with Crippen molar-refractivity contribution < 1.29 is 24.2 Å². The zero-order chi connectivity index (χ0) is 25.9. The molecule has 1 amide bonds. The van der Waals surface area contributed by atoms with E-state index in [-0.39, 0.29) is 30.6 Å². The first-order chi connectivity index (χ1) is 17.9. The summed E-state index contributed by atoms with van der Waals surface area (Å²) in [6, 6.07) is 23.3. The summed E-state index contributed by atoms with van der Waals surface area (Å²) in [5.74, 6) is -0.403. The van der Waals surface area contributed by atoms with Crippen LogP contribution < -0.4 is 4.74 Å². The van der Waals surface area contributed by atoms with Gasteiger partial charge in [0.25, 0.3) is 11.7 Å². The van der Waals surface area contributed by atoms with Gasteiger partial charge in [0.2, 0.25) is 0 Å². The van der Waals surface area contributed by atoms with Gasteiger partial charge in [0.05, 0.1) is 24.3 Å². The molecule has 2 heterocycles. The Balaban J connectivity index is 1.60. The van der Waals surface area contributed by atoms with Crippen LogP contribution in [0.5, 0.6) is 11.5 Å². The minimum Gasteiger partial charge on any atom is -0.507 e. The lowest BCUT2D eigenvalue weighted by Gasteiger charge is -2.26. The molecule has 3 aromatic carbocycles. The number of aromatic nitrogens is 1. The Hall–Kier alpha value is -4.36. The number of ketones is 1. The van der Waals surface area contributed by atoms with Crippen molar-refractivity contribution in [2.45, 2.75) is 26.0 Å². The molecule has 1 fully saturated rings. The summed E-state index contributed by atoms with van der Waals surface area (Å²) in [4.78, 5) is 31.2. The molecular weight excluding hydrogens is 468 g/mol. The fourth-order valence-corrected chi connectivity index (χ4v) is 4.63. The maximum Gasteiger partial charge on any atom is 0.295 e. The van der Waals surface area contributed by atoms with Crippen LogP contribution in [0.3, 0.4) is 0 Å². The second-order valence-electron chi connectivity index (χ2n) is 9.15. The Labute approximate surface area is 214 Å². The number of carbonyl (C=O) groups is 2. The van der Waals surface area contributed by atoms with E-state index in [0.29, 0.717) is 22.6 Å². The van der Waals surface area contributed by atoms with Crippen molar-refractivity contribution in [3.05, 3.63) is 102 Å². The number of benzene rings is 3. The lowest BCUT2D eigenvalue weighted by atomic mass is 9.95. The maximum atomic E-state index is 13.4. The van der Waals surface area contributed by atoms with Crippen LogP contribution in [0.1, 0.15) is 31.0 Å². The van der Waals surface area contributed by atoms with Crippen LogP contribution in [0.25, 0.3) is 16.7 Å². The van der Waals surface area contributed by atoms with Gasteiger partial charge in [-0.15, -0.1) is 0 Å². The molecule has 1 aliphatic rings. The van der Waals surface area contributed by atoms with Crippen molar-refractivity contribution in [1.82, 2.24) is 9.88 Å². The number of fused-ring (bicyclic) bond motifs is 1. The number of aliphatic hydroxyl groups excluding tert-OH is 1. The summed E-state index contributed by atoms with van der Waals surface area (Å²) in [6.45, 7) is 4.27. The predicted octanol–water partition coefficient (Wildman–Crippen LogP) is 5.81. The van der Waals surface area contributed by atoms with Gasteiger partial charge in [-0.1, -0.05) is 48.5 Å². The summed E-state index contributed by atoms with van der Waals surface area (Å²) in [5.41, 5.74) is 1.97. The number of hydrogen-bond acceptors (Lipinski definition) is 5. The number of aliphatic hydroxyl groups is 1. The Morgan fingerprint density at radius 1 is 0.973 bits per heavy atom. The zero-order valence-corrected chi connectivity index (χ0v) is 20.7. The number of ether oxygens (including phenoxy) is 2. The maximum absolute atomic E-state index is 13.4. The number of H-pyrrole nitrogens is 1. The molecule has 1 saturated heterocycles. The van der Waals surface area contributed by atoms with Crippen LogP contribution >= 0.6 is 0 Å². The summed E-state index contributed by atoms with van der Waals surface area (Å²) in [5, 5.41) is 12.2. The van der Waals surface area contributed by atoms with E-state index in [4.69, 9.17) is 9.47 Å². The van der Waals surface area contributed by atoms with Gasteiger partial charge >= 0.3 is 0 Å². The smallest absolute Gasteiger partial charge is 0.295 e. The molecule has 0 aliphatic carbocycles. The number of aromatic amines is 1. The lowest BCUT2D eigenvalue weighted by molar-refractivity contribution is -0.140. The summed E-state index contributed by atoms with van der Waals surface area (Å²) in [6.07, 6.45) is 1.63. The zero-order valence-electron chi connectivity index (χ0n) is 20.7. The normalized spacial score (nSPS) is 17.2. The van der Waals surface area contributed by atoms with E-state index < -0.39 is 17.7 Å². The van der Waals surface area contributed by atoms with Gasteiger partial charge in [-0.2, -0.15) is 0 Å². The highest BCUT2D eigenvalue weighted by molar-refractivity contribution is 6.46. The summed E-state index contributed by atoms with van der Waals surface area (Å²) >= 11 is 0. The predicted molar refractivity (Wildman–Crippen MR) is 141 cm³/mol. The number of nitrogens with one attached hydrogen (secondary N) is 1. The van der Waals surface area contributed by atoms with Gasteiger partial charge in [0.15, 0.2) is 0 Å². The number of hydrogen-bond donors (Lipinski definition) is 2. The number of Topliss-reactive ketones (excluding diaryl/α,β-unsaturated/α-hetero) is 1. The molecule has 0 spiro atoms. The minimum atomic E-state index is -0.802. The number of amides is 1. The molecule has 1 aliphatic heterocycles. The Kier molecular flexibility index (Phi) is 6.79. The first kappa shape index (κ1) is 24.3. The molecule has 7 heteroatoms. The number of para-hydroxylation sites is 2. The first-order valence-electron chi connectivity index (χ1n) is 12.2. The molecule has 1 aromatic heterocycles. The van der Waals surface area contributed by atoms with E-state index in [1.165, 1.54) is 4.90 Å². The monoisotopic (exact) mass is 496 g/mol.